The first-order valence-corrected chi connectivity index (χ1v) is 9.87. The fraction of sp³-hybridized carbons (Fsp3) is 0.250. The van der Waals surface area contributed by atoms with Crippen LogP contribution in [0.15, 0.2) is 61.3 Å². The minimum atomic E-state index is 0.0764. The van der Waals surface area contributed by atoms with Gasteiger partial charge in [-0.05, 0) is 42.5 Å². The normalized spacial score (nSPS) is 14.8. The summed E-state index contributed by atoms with van der Waals surface area (Å²) in [6.45, 7) is 2.20. The molecule has 0 bridgehead atoms. The van der Waals surface area contributed by atoms with Gasteiger partial charge in [0.05, 0.1) is 24.6 Å². The molecule has 29 heavy (non-hydrogen) atoms. The van der Waals surface area contributed by atoms with Crippen LogP contribution in [0.4, 0.5) is 0 Å². The van der Waals surface area contributed by atoms with Crippen LogP contribution in [-0.2, 0) is 18.9 Å². The molecular formula is C24H22N4O. The summed E-state index contributed by atoms with van der Waals surface area (Å²) in [6.07, 6.45) is 9.81. The number of aromatic nitrogens is 4. The lowest BCUT2D eigenvalue weighted by atomic mass is 9.99. The molecule has 1 fully saturated rings. The highest BCUT2D eigenvalue weighted by atomic mass is 16.1. The number of rotatable bonds is 5. The number of nitrogens with zero attached hydrogens (tertiary/aromatic N) is 4. The van der Waals surface area contributed by atoms with E-state index in [-0.39, 0.29) is 17.6 Å². The third-order valence-corrected chi connectivity index (χ3v) is 5.93. The van der Waals surface area contributed by atoms with E-state index in [1.165, 1.54) is 0 Å². The van der Waals surface area contributed by atoms with Gasteiger partial charge >= 0.3 is 0 Å². The van der Waals surface area contributed by atoms with Gasteiger partial charge < -0.3 is 4.57 Å². The molecule has 1 aromatic carbocycles. The van der Waals surface area contributed by atoms with Crippen molar-refractivity contribution in [3.63, 3.8) is 0 Å². The molecular weight excluding hydrogens is 360 g/mol. The molecule has 0 atom stereocenters. The van der Waals surface area contributed by atoms with Gasteiger partial charge in [0.2, 0.25) is 0 Å². The zero-order valence-electron chi connectivity index (χ0n) is 16.6. The third kappa shape index (κ3) is 3.33. The molecule has 0 amide bonds. The van der Waals surface area contributed by atoms with Gasteiger partial charge in [-0.15, -0.1) is 0 Å². The van der Waals surface area contributed by atoms with Crippen molar-refractivity contribution in [1.82, 2.24) is 19.5 Å². The van der Waals surface area contributed by atoms with Gasteiger partial charge in [0, 0.05) is 52.8 Å². The van der Waals surface area contributed by atoms with E-state index in [9.17, 15) is 4.79 Å². The molecule has 5 rings (SSSR count). The number of aryl methyl sites for hydroxylation is 1. The lowest BCUT2D eigenvalue weighted by Gasteiger charge is -2.09. The van der Waals surface area contributed by atoms with Crippen LogP contribution in [0.5, 0.6) is 0 Å². The van der Waals surface area contributed by atoms with Crippen molar-refractivity contribution >= 4 is 16.6 Å². The van der Waals surface area contributed by atoms with E-state index < -0.39 is 0 Å². The number of fused-ring (bicyclic) bond motifs is 1. The van der Waals surface area contributed by atoms with E-state index in [1.807, 2.05) is 36.1 Å². The summed E-state index contributed by atoms with van der Waals surface area (Å²) in [4.78, 5) is 26.0. The van der Waals surface area contributed by atoms with Crippen molar-refractivity contribution in [2.75, 3.05) is 0 Å². The maximum atomic E-state index is 12.9. The van der Waals surface area contributed by atoms with Crippen molar-refractivity contribution in [1.29, 1.82) is 0 Å². The fourth-order valence-corrected chi connectivity index (χ4v) is 3.72. The zero-order chi connectivity index (χ0) is 20.0. The molecule has 144 valence electrons. The highest BCUT2D eigenvalue weighted by Gasteiger charge is 2.40. The molecule has 1 aliphatic rings. The minimum absolute atomic E-state index is 0.0764. The van der Waals surface area contributed by atoms with Crippen LogP contribution in [0.2, 0.25) is 0 Å². The number of hydrogen-bond donors (Lipinski definition) is 0. The van der Waals surface area contributed by atoms with Crippen molar-refractivity contribution in [3.05, 3.63) is 78.3 Å². The number of carbonyl (C=O) groups excluding carboxylic acids is 1. The predicted molar refractivity (Wildman–Crippen MR) is 113 cm³/mol. The Balaban J connectivity index is 1.43. The molecule has 5 nitrogen and oxygen atoms in total. The van der Waals surface area contributed by atoms with Gasteiger partial charge in [-0.1, -0.05) is 19.1 Å². The summed E-state index contributed by atoms with van der Waals surface area (Å²) in [6, 6.07) is 12.0. The molecule has 0 radical (unpaired) electrons. The smallest absolute Gasteiger partial charge is 0.168 e. The topological polar surface area (TPSA) is 60.7 Å². The third-order valence-electron chi connectivity index (χ3n) is 5.93. The number of benzene rings is 1. The van der Waals surface area contributed by atoms with Crippen molar-refractivity contribution in [2.24, 2.45) is 7.05 Å². The Morgan fingerprint density at radius 2 is 1.93 bits per heavy atom. The summed E-state index contributed by atoms with van der Waals surface area (Å²) in [5, 5.41) is 2.13. The number of imidazole rings is 1. The highest BCUT2D eigenvalue weighted by Crippen LogP contribution is 2.46. The van der Waals surface area contributed by atoms with Gasteiger partial charge in [-0.3, -0.25) is 14.8 Å². The monoisotopic (exact) mass is 382 g/mol. The molecule has 0 spiro atoms. The van der Waals surface area contributed by atoms with Crippen molar-refractivity contribution in [2.45, 2.75) is 31.6 Å². The molecule has 1 saturated carbocycles. The average molecular weight is 382 g/mol. The lowest BCUT2D eigenvalue weighted by Crippen LogP contribution is -2.09. The maximum Gasteiger partial charge on any atom is 0.168 e. The second-order valence-electron chi connectivity index (χ2n) is 8.22. The predicted octanol–water partition coefficient (Wildman–Crippen LogP) is 4.51. The largest absolute Gasteiger partial charge is 0.334 e. The van der Waals surface area contributed by atoms with Crippen LogP contribution in [0.3, 0.4) is 0 Å². The van der Waals surface area contributed by atoms with E-state index in [0.29, 0.717) is 5.56 Å². The van der Waals surface area contributed by atoms with Gasteiger partial charge in [0.15, 0.2) is 5.78 Å². The first kappa shape index (κ1) is 17.7. The molecule has 3 heterocycles. The van der Waals surface area contributed by atoms with Gasteiger partial charge in [0.25, 0.3) is 0 Å². The Hall–Kier alpha value is -3.34. The minimum Gasteiger partial charge on any atom is -0.334 e. The van der Waals surface area contributed by atoms with E-state index in [4.69, 9.17) is 0 Å². The van der Waals surface area contributed by atoms with Gasteiger partial charge in [-0.2, -0.15) is 0 Å². The zero-order valence-corrected chi connectivity index (χ0v) is 16.6. The Bertz CT molecular complexity index is 1240. The summed E-state index contributed by atoms with van der Waals surface area (Å²) in [5.74, 6) is 0.0764. The summed E-state index contributed by atoms with van der Waals surface area (Å²) in [5.41, 5.74) is 4.82. The summed E-state index contributed by atoms with van der Waals surface area (Å²) in [7, 11) is 1.98. The van der Waals surface area contributed by atoms with Crippen LogP contribution in [0.1, 0.15) is 41.5 Å². The Morgan fingerprint density at radius 3 is 2.69 bits per heavy atom. The molecule has 0 unspecified atom stereocenters. The van der Waals surface area contributed by atoms with Crippen LogP contribution >= 0.6 is 0 Å². The van der Waals surface area contributed by atoms with Gasteiger partial charge in [-0.25, -0.2) is 4.98 Å². The van der Waals surface area contributed by atoms with E-state index in [2.05, 4.69) is 40.1 Å². The molecule has 0 aliphatic heterocycles. The lowest BCUT2D eigenvalue weighted by molar-refractivity contribution is 0.0991. The molecule has 3 aromatic heterocycles. The fourth-order valence-electron chi connectivity index (χ4n) is 3.72. The van der Waals surface area contributed by atoms with Crippen molar-refractivity contribution in [3.8, 4) is 11.3 Å². The number of carbonyl (C=O) groups is 1. The molecule has 1 aliphatic carbocycles. The standard InChI is InChI=1S/C24H22N4O/c1-24(6-7-24)23-11-17(5-8-26-23)22(29)12-20-10-19-9-16(3-4-18(19)13-27-20)21-14-25-15-28(21)2/h3-5,8-11,13-15H,6-7,12H2,1-2H3. The first-order valence-electron chi connectivity index (χ1n) is 9.87. The second-order valence-corrected chi connectivity index (χ2v) is 8.22. The number of Topliss-reactive ketones (excluding diaryl/α,β-unsaturated/α-hetero) is 1. The van der Waals surface area contributed by atoms with Crippen LogP contribution in [0.25, 0.3) is 22.0 Å². The Labute approximate surface area is 169 Å². The van der Waals surface area contributed by atoms with Gasteiger partial charge in [0.1, 0.15) is 0 Å². The molecule has 4 aromatic rings. The molecule has 0 N–H and O–H groups in total. The second kappa shape index (κ2) is 6.62. The van der Waals surface area contributed by atoms with Crippen LogP contribution in [-0.4, -0.2) is 25.3 Å². The number of ketones is 1. The van der Waals surface area contributed by atoms with Crippen molar-refractivity contribution < 1.29 is 4.79 Å². The van der Waals surface area contributed by atoms with E-state index in [0.717, 1.165) is 46.3 Å². The average Bonchev–Trinajstić information content (AvgIpc) is 3.35. The van der Waals surface area contributed by atoms with Crippen LogP contribution < -0.4 is 0 Å². The SMILES string of the molecule is Cn1cncc1-c1ccc2cnc(CC(=O)c3ccnc(C4(C)CC4)c3)cc2c1. The maximum absolute atomic E-state index is 12.9. The molecule has 5 heteroatoms. The first-order chi connectivity index (χ1) is 14.0. The Morgan fingerprint density at radius 1 is 1.07 bits per heavy atom. The summed E-state index contributed by atoms with van der Waals surface area (Å²) >= 11 is 0. The van der Waals surface area contributed by atoms with E-state index >= 15 is 0 Å². The quantitative estimate of drug-likeness (QED) is 0.477. The summed E-state index contributed by atoms with van der Waals surface area (Å²) < 4.78 is 1.99. The van der Waals surface area contributed by atoms with Crippen LogP contribution in [0, 0.1) is 0 Å². The number of hydrogen-bond acceptors (Lipinski definition) is 4. The molecule has 0 saturated heterocycles. The Kier molecular flexibility index (Phi) is 4.05. The van der Waals surface area contributed by atoms with E-state index in [1.54, 1.807) is 18.6 Å². The number of pyridine rings is 2. The highest BCUT2D eigenvalue weighted by molar-refractivity contribution is 5.98.